The Labute approximate surface area is 138 Å². The molecule has 118 valence electrons. The van der Waals surface area contributed by atoms with Crippen LogP contribution >= 0.6 is 15.9 Å². The molecule has 1 saturated heterocycles. The second kappa shape index (κ2) is 6.29. The van der Waals surface area contributed by atoms with E-state index in [4.69, 9.17) is 0 Å². The molecular formula is C18H29BrN2. The summed E-state index contributed by atoms with van der Waals surface area (Å²) in [7, 11) is 0. The minimum Gasteiger partial charge on any atom is -0.365 e. The van der Waals surface area contributed by atoms with Crippen LogP contribution in [-0.4, -0.2) is 25.2 Å². The van der Waals surface area contributed by atoms with Crippen LogP contribution in [0.5, 0.6) is 0 Å². The largest absolute Gasteiger partial charge is 0.365 e. The number of anilines is 1. The first kappa shape index (κ1) is 16.8. The lowest BCUT2D eigenvalue weighted by Crippen LogP contribution is -2.62. The van der Waals surface area contributed by atoms with Gasteiger partial charge < -0.3 is 10.2 Å². The molecule has 3 heteroatoms. The number of nitrogens with one attached hydrogen (secondary N) is 1. The van der Waals surface area contributed by atoms with E-state index in [-0.39, 0.29) is 5.41 Å². The molecule has 2 atom stereocenters. The molecule has 1 aromatic rings. The highest BCUT2D eigenvalue weighted by Crippen LogP contribution is 2.32. The smallest absolute Gasteiger partial charge is 0.0438 e. The Morgan fingerprint density at radius 2 is 1.95 bits per heavy atom. The Kier molecular flexibility index (Phi) is 5.04. The van der Waals surface area contributed by atoms with E-state index >= 15 is 0 Å². The first-order valence-corrected chi connectivity index (χ1v) is 8.75. The van der Waals surface area contributed by atoms with Gasteiger partial charge in [-0.05, 0) is 36.0 Å². The van der Waals surface area contributed by atoms with Crippen LogP contribution in [0.1, 0.15) is 40.2 Å². The predicted molar refractivity (Wildman–Crippen MR) is 96.1 cm³/mol. The molecule has 2 rings (SSSR count). The van der Waals surface area contributed by atoms with Gasteiger partial charge in [0, 0.05) is 35.3 Å². The first-order valence-electron chi connectivity index (χ1n) is 7.96. The van der Waals surface area contributed by atoms with Crippen molar-refractivity contribution in [3.05, 3.63) is 28.2 Å². The number of hydrogen-bond acceptors (Lipinski definition) is 2. The normalized spacial score (nSPS) is 23.7. The van der Waals surface area contributed by atoms with Crippen LogP contribution in [0.3, 0.4) is 0 Å². The third-order valence-electron chi connectivity index (χ3n) is 4.65. The van der Waals surface area contributed by atoms with E-state index in [2.05, 4.69) is 85.9 Å². The highest BCUT2D eigenvalue weighted by Gasteiger charge is 2.35. The maximum absolute atomic E-state index is 3.77. The summed E-state index contributed by atoms with van der Waals surface area (Å²) in [4.78, 5) is 2.62. The Hall–Kier alpha value is -0.540. The van der Waals surface area contributed by atoms with Crippen molar-refractivity contribution < 1.29 is 0 Å². The number of hydrogen-bond donors (Lipinski definition) is 1. The summed E-state index contributed by atoms with van der Waals surface area (Å²) in [6.07, 6.45) is 0. The lowest BCUT2D eigenvalue weighted by atomic mass is 9.83. The average Bonchev–Trinajstić information content (AvgIpc) is 2.39. The maximum Gasteiger partial charge on any atom is 0.0438 e. The topological polar surface area (TPSA) is 15.3 Å². The minimum absolute atomic E-state index is 0.278. The second-order valence-electron chi connectivity index (χ2n) is 7.72. The lowest BCUT2D eigenvalue weighted by molar-refractivity contribution is 0.220. The van der Waals surface area contributed by atoms with Gasteiger partial charge in [-0.2, -0.15) is 0 Å². The van der Waals surface area contributed by atoms with Gasteiger partial charge in [-0.1, -0.05) is 56.6 Å². The quantitative estimate of drug-likeness (QED) is 0.836. The van der Waals surface area contributed by atoms with Gasteiger partial charge in [0.25, 0.3) is 0 Å². The van der Waals surface area contributed by atoms with E-state index in [1.807, 2.05) is 0 Å². The van der Waals surface area contributed by atoms with Gasteiger partial charge in [-0.3, -0.25) is 0 Å². The number of piperazine rings is 1. The minimum atomic E-state index is 0.278. The predicted octanol–water partition coefficient (Wildman–Crippen LogP) is 4.61. The zero-order chi connectivity index (χ0) is 15.8. The standard InChI is InChI=1S/C18H29BrN2/c1-12(2)16-10-20-17(18(4,5)6)11-21(16)15-9-14(19)8-7-13(15)3/h7-9,12,16-17,20H,10-11H2,1-6H3. The number of nitrogens with zero attached hydrogens (tertiary/aromatic N) is 1. The van der Waals surface area contributed by atoms with Gasteiger partial charge in [-0.15, -0.1) is 0 Å². The molecule has 0 spiro atoms. The molecule has 0 aromatic heterocycles. The third-order valence-corrected chi connectivity index (χ3v) is 5.14. The SMILES string of the molecule is Cc1ccc(Br)cc1N1CC(C(C)(C)C)NCC1C(C)C. The fourth-order valence-corrected chi connectivity index (χ4v) is 3.46. The fraction of sp³-hybridized carbons (Fsp3) is 0.667. The maximum atomic E-state index is 3.77. The Morgan fingerprint density at radius 1 is 1.29 bits per heavy atom. The summed E-state index contributed by atoms with van der Waals surface area (Å²) in [5.41, 5.74) is 3.01. The van der Waals surface area contributed by atoms with Crippen molar-refractivity contribution in [2.75, 3.05) is 18.0 Å². The van der Waals surface area contributed by atoms with Crippen molar-refractivity contribution in [3.63, 3.8) is 0 Å². The van der Waals surface area contributed by atoms with Gasteiger partial charge in [0.05, 0.1) is 0 Å². The van der Waals surface area contributed by atoms with Crippen molar-refractivity contribution >= 4 is 21.6 Å². The van der Waals surface area contributed by atoms with E-state index in [0.717, 1.165) is 17.6 Å². The van der Waals surface area contributed by atoms with Crippen molar-refractivity contribution in [1.29, 1.82) is 0 Å². The number of halogens is 1. The molecule has 1 aromatic carbocycles. The molecule has 21 heavy (non-hydrogen) atoms. The molecule has 1 aliphatic heterocycles. The highest BCUT2D eigenvalue weighted by molar-refractivity contribution is 9.10. The van der Waals surface area contributed by atoms with E-state index < -0.39 is 0 Å². The van der Waals surface area contributed by atoms with Crippen LogP contribution in [0.15, 0.2) is 22.7 Å². The van der Waals surface area contributed by atoms with E-state index in [1.54, 1.807) is 0 Å². The third kappa shape index (κ3) is 3.81. The molecule has 0 bridgehead atoms. The molecule has 0 radical (unpaired) electrons. The van der Waals surface area contributed by atoms with Crippen molar-refractivity contribution in [2.45, 2.75) is 53.6 Å². The van der Waals surface area contributed by atoms with Gasteiger partial charge >= 0.3 is 0 Å². The Balaban J connectivity index is 2.36. The summed E-state index contributed by atoms with van der Waals surface area (Å²) < 4.78 is 1.16. The van der Waals surface area contributed by atoms with Crippen LogP contribution < -0.4 is 10.2 Å². The zero-order valence-corrected chi connectivity index (χ0v) is 15.8. The number of rotatable bonds is 2. The number of aryl methyl sites for hydroxylation is 1. The van der Waals surface area contributed by atoms with Crippen LogP contribution in [0.25, 0.3) is 0 Å². The molecule has 0 saturated carbocycles. The average molecular weight is 353 g/mol. The molecule has 1 N–H and O–H groups in total. The Bertz CT molecular complexity index is 490. The summed E-state index contributed by atoms with van der Waals surface area (Å²) in [5.74, 6) is 0.636. The summed E-state index contributed by atoms with van der Waals surface area (Å²) in [6.45, 7) is 16.0. The molecule has 0 aliphatic carbocycles. The summed E-state index contributed by atoms with van der Waals surface area (Å²) in [5, 5.41) is 3.77. The monoisotopic (exact) mass is 352 g/mol. The van der Waals surface area contributed by atoms with Gasteiger partial charge in [0.2, 0.25) is 0 Å². The zero-order valence-electron chi connectivity index (χ0n) is 14.2. The van der Waals surface area contributed by atoms with Crippen molar-refractivity contribution in [1.82, 2.24) is 5.32 Å². The van der Waals surface area contributed by atoms with E-state index in [1.165, 1.54) is 11.3 Å². The first-order chi connectivity index (χ1) is 9.70. The molecule has 0 amide bonds. The fourth-order valence-electron chi connectivity index (χ4n) is 3.11. The van der Waals surface area contributed by atoms with Crippen LogP contribution in [0.2, 0.25) is 0 Å². The van der Waals surface area contributed by atoms with Gasteiger partial charge in [0.15, 0.2) is 0 Å². The molecule has 2 unspecified atom stereocenters. The van der Waals surface area contributed by atoms with E-state index in [0.29, 0.717) is 18.0 Å². The van der Waals surface area contributed by atoms with Crippen LogP contribution in [0.4, 0.5) is 5.69 Å². The summed E-state index contributed by atoms with van der Waals surface area (Å²) >= 11 is 3.63. The van der Waals surface area contributed by atoms with Crippen molar-refractivity contribution in [3.8, 4) is 0 Å². The summed E-state index contributed by atoms with van der Waals surface area (Å²) in [6, 6.07) is 7.69. The number of benzene rings is 1. The molecule has 1 fully saturated rings. The molecule has 1 aliphatic rings. The second-order valence-corrected chi connectivity index (χ2v) is 8.64. The van der Waals surface area contributed by atoms with Gasteiger partial charge in [-0.25, -0.2) is 0 Å². The highest BCUT2D eigenvalue weighted by atomic mass is 79.9. The molecule has 2 nitrogen and oxygen atoms in total. The van der Waals surface area contributed by atoms with Crippen LogP contribution in [-0.2, 0) is 0 Å². The van der Waals surface area contributed by atoms with Gasteiger partial charge in [0.1, 0.15) is 0 Å². The lowest BCUT2D eigenvalue weighted by Gasteiger charge is -2.48. The molecule has 1 heterocycles. The van der Waals surface area contributed by atoms with Crippen molar-refractivity contribution in [2.24, 2.45) is 11.3 Å². The molecular weight excluding hydrogens is 324 g/mol. The Morgan fingerprint density at radius 3 is 2.52 bits per heavy atom. The van der Waals surface area contributed by atoms with E-state index in [9.17, 15) is 0 Å². The van der Waals surface area contributed by atoms with Crippen LogP contribution in [0, 0.1) is 18.3 Å².